The number of amides is 1. The van der Waals surface area contributed by atoms with E-state index >= 15 is 0 Å². The van der Waals surface area contributed by atoms with Crippen molar-refractivity contribution in [2.24, 2.45) is 0 Å². The Morgan fingerprint density at radius 1 is 1.21 bits per heavy atom. The zero-order valence-corrected chi connectivity index (χ0v) is 13.8. The first-order chi connectivity index (χ1) is 11.6. The number of nitrogens with one attached hydrogen (secondary N) is 1. The third-order valence-electron chi connectivity index (χ3n) is 3.60. The van der Waals surface area contributed by atoms with Gasteiger partial charge in [-0.15, -0.1) is 0 Å². The highest BCUT2D eigenvalue weighted by Crippen LogP contribution is 2.24. The summed E-state index contributed by atoms with van der Waals surface area (Å²) in [6, 6.07) is 16.4. The van der Waals surface area contributed by atoms with Crippen molar-refractivity contribution in [3.05, 3.63) is 76.6 Å². The average Bonchev–Trinajstić information content (AvgIpc) is 2.90. The number of para-hydroxylation sites is 1. The fraction of sp³-hybridized carbons (Fsp3) is 0.111. The summed E-state index contributed by atoms with van der Waals surface area (Å²) in [4.78, 5) is 12.6. The van der Waals surface area contributed by atoms with Crippen molar-refractivity contribution in [2.45, 2.75) is 13.5 Å². The lowest BCUT2D eigenvalue weighted by Crippen LogP contribution is -2.13. The van der Waals surface area contributed by atoms with Crippen LogP contribution in [0.3, 0.4) is 0 Å². The molecule has 0 radical (unpaired) electrons. The van der Waals surface area contributed by atoms with Crippen molar-refractivity contribution in [1.29, 1.82) is 0 Å². The molecule has 0 fully saturated rings. The molecule has 0 aliphatic heterocycles. The van der Waals surface area contributed by atoms with E-state index in [4.69, 9.17) is 11.6 Å². The molecule has 24 heavy (non-hydrogen) atoms. The number of rotatable bonds is 4. The van der Waals surface area contributed by atoms with Gasteiger partial charge in [-0.25, -0.2) is 4.68 Å². The van der Waals surface area contributed by atoms with Crippen LogP contribution in [-0.4, -0.2) is 20.8 Å². The van der Waals surface area contributed by atoms with E-state index in [-0.39, 0.29) is 17.7 Å². The average molecular weight is 342 g/mol. The first-order valence-electron chi connectivity index (χ1n) is 7.42. The van der Waals surface area contributed by atoms with Gasteiger partial charge in [-0.1, -0.05) is 41.9 Å². The normalized spacial score (nSPS) is 10.6. The number of halogens is 1. The summed E-state index contributed by atoms with van der Waals surface area (Å²) in [5.74, 6) is -0.338. The number of aliphatic hydroxyl groups is 1. The number of aliphatic hydroxyl groups excluding tert-OH is 1. The van der Waals surface area contributed by atoms with Gasteiger partial charge >= 0.3 is 0 Å². The Kier molecular flexibility index (Phi) is 4.64. The lowest BCUT2D eigenvalue weighted by Gasteiger charge is -2.07. The monoisotopic (exact) mass is 341 g/mol. The van der Waals surface area contributed by atoms with Gasteiger partial charge in [-0.3, -0.25) is 4.79 Å². The summed E-state index contributed by atoms with van der Waals surface area (Å²) >= 11 is 6.38. The zero-order chi connectivity index (χ0) is 17.1. The molecule has 0 unspecified atom stereocenters. The number of hydrogen-bond donors (Lipinski definition) is 2. The van der Waals surface area contributed by atoms with Gasteiger partial charge in [0.25, 0.3) is 5.91 Å². The van der Waals surface area contributed by atoms with E-state index in [0.29, 0.717) is 16.9 Å². The molecule has 0 bridgehead atoms. The van der Waals surface area contributed by atoms with Gasteiger partial charge < -0.3 is 10.4 Å². The number of anilines is 1. The number of carbonyl (C=O) groups excluding carboxylic acids is 1. The van der Waals surface area contributed by atoms with E-state index in [9.17, 15) is 9.90 Å². The van der Waals surface area contributed by atoms with Crippen LogP contribution in [0.1, 0.15) is 21.6 Å². The summed E-state index contributed by atoms with van der Waals surface area (Å²) in [7, 11) is 0. The van der Waals surface area contributed by atoms with Gasteiger partial charge in [0.1, 0.15) is 10.7 Å². The Balaban J connectivity index is 1.92. The predicted octanol–water partition coefficient (Wildman–Crippen LogP) is 3.58. The number of carbonyl (C=O) groups is 1. The van der Waals surface area contributed by atoms with Crippen molar-refractivity contribution in [2.75, 3.05) is 5.32 Å². The largest absolute Gasteiger partial charge is 0.392 e. The van der Waals surface area contributed by atoms with Crippen molar-refractivity contribution in [3.63, 3.8) is 0 Å². The molecule has 0 aliphatic rings. The summed E-state index contributed by atoms with van der Waals surface area (Å²) in [5.41, 5.74) is 2.96. The van der Waals surface area contributed by atoms with Crippen LogP contribution < -0.4 is 5.32 Å². The minimum Gasteiger partial charge on any atom is -0.392 e. The fourth-order valence-corrected chi connectivity index (χ4v) is 2.80. The van der Waals surface area contributed by atoms with Gasteiger partial charge in [0.15, 0.2) is 0 Å². The maximum Gasteiger partial charge on any atom is 0.260 e. The lowest BCUT2D eigenvalue weighted by atomic mass is 10.2. The topological polar surface area (TPSA) is 67.2 Å². The van der Waals surface area contributed by atoms with Gasteiger partial charge in [-0.2, -0.15) is 5.10 Å². The molecular weight excluding hydrogens is 326 g/mol. The third kappa shape index (κ3) is 3.18. The van der Waals surface area contributed by atoms with Crippen molar-refractivity contribution in [1.82, 2.24) is 9.78 Å². The summed E-state index contributed by atoms with van der Waals surface area (Å²) in [6.07, 6.45) is 0. The quantitative estimate of drug-likeness (QED) is 0.762. The van der Waals surface area contributed by atoms with Gasteiger partial charge in [-0.05, 0) is 36.8 Å². The van der Waals surface area contributed by atoms with Crippen LogP contribution in [0, 0.1) is 6.92 Å². The second kappa shape index (κ2) is 6.86. The highest BCUT2D eigenvalue weighted by molar-refractivity contribution is 6.34. The van der Waals surface area contributed by atoms with E-state index in [1.54, 1.807) is 31.2 Å². The van der Waals surface area contributed by atoms with Gasteiger partial charge in [0, 0.05) is 5.69 Å². The predicted molar refractivity (Wildman–Crippen MR) is 93.6 cm³/mol. The highest BCUT2D eigenvalue weighted by Gasteiger charge is 2.21. The second-order valence-electron chi connectivity index (χ2n) is 5.31. The molecule has 0 saturated heterocycles. The molecule has 6 heteroatoms. The molecule has 3 rings (SSSR count). The Hall–Kier alpha value is -2.63. The van der Waals surface area contributed by atoms with Crippen LogP contribution in [0.25, 0.3) is 5.69 Å². The van der Waals surface area contributed by atoms with E-state index < -0.39 is 0 Å². The molecule has 1 amide bonds. The minimum absolute atomic E-state index is 0.0879. The van der Waals surface area contributed by atoms with Crippen LogP contribution in [0.4, 0.5) is 5.69 Å². The lowest BCUT2D eigenvalue weighted by molar-refractivity contribution is 0.102. The first kappa shape index (κ1) is 16.2. The van der Waals surface area contributed by atoms with Gasteiger partial charge in [0.2, 0.25) is 0 Å². The number of benzene rings is 2. The number of hydrogen-bond acceptors (Lipinski definition) is 3. The van der Waals surface area contributed by atoms with Crippen molar-refractivity contribution < 1.29 is 9.90 Å². The summed E-state index contributed by atoms with van der Waals surface area (Å²) < 4.78 is 1.54. The van der Waals surface area contributed by atoms with Crippen molar-refractivity contribution in [3.8, 4) is 5.69 Å². The molecule has 2 aromatic carbocycles. The van der Waals surface area contributed by atoms with Crippen LogP contribution in [0.2, 0.25) is 5.15 Å². The smallest absolute Gasteiger partial charge is 0.260 e. The molecule has 0 saturated carbocycles. The minimum atomic E-state index is -0.338. The molecule has 0 aliphatic carbocycles. The van der Waals surface area contributed by atoms with E-state index in [0.717, 1.165) is 11.3 Å². The number of nitrogens with zero attached hydrogens (tertiary/aromatic N) is 2. The number of aromatic nitrogens is 2. The maximum absolute atomic E-state index is 12.6. The molecule has 0 atom stereocenters. The van der Waals surface area contributed by atoms with Crippen LogP contribution >= 0.6 is 11.6 Å². The summed E-state index contributed by atoms with van der Waals surface area (Å²) in [6.45, 7) is 1.65. The SMILES string of the molecule is Cc1nn(-c2ccccc2)c(Cl)c1C(=O)Nc1cccc(CO)c1. The van der Waals surface area contributed by atoms with Crippen LogP contribution in [-0.2, 0) is 6.61 Å². The molecule has 2 N–H and O–H groups in total. The third-order valence-corrected chi connectivity index (χ3v) is 3.95. The van der Waals surface area contributed by atoms with Crippen molar-refractivity contribution >= 4 is 23.2 Å². The van der Waals surface area contributed by atoms with E-state index in [1.165, 1.54) is 4.68 Å². The van der Waals surface area contributed by atoms with Crippen LogP contribution in [0.5, 0.6) is 0 Å². The molecule has 5 nitrogen and oxygen atoms in total. The Morgan fingerprint density at radius 3 is 2.67 bits per heavy atom. The number of aryl methyl sites for hydroxylation is 1. The Bertz CT molecular complexity index is 875. The molecule has 1 heterocycles. The van der Waals surface area contributed by atoms with Crippen LogP contribution in [0.15, 0.2) is 54.6 Å². The zero-order valence-electron chi connectivity index (χ0n) is 13.0. The van der Waals surface area contributed by atoms with E-state index in [2.05, 4.69) is 10.4 Å². The molecule has 122 valence electrons. The standard InChI is InChI=1S/C18H16ClN3O2/c1-12-16(17(19)22(21-12)15-8-3-2-4-9-15)18(24)20-14-7-5-6-13(10-14)11-23/h2-10,23H,11H2,1H3,(H,20,24). The fourth-order valence-electron chi connectivity index (χ4n) is 2.44. The van der Waals surface area contributed by atoms with E-state index in [1.807, 2.05) is 30.3 Å². The Morgan fingerprint density at radius 2 is 1.96 bits per heavy atom. The molecule has 3 aromatic rings. The first-order valence-corrected chi connectivity index (χ1v) is 7.79. The van der Waals surface area contributed by atoms with Gasteiger partial charge in [0.05, 0.1) is 18.0 Å². The molecule has 0 spiro atoms. The molecular formula is C18H16ClN3O2. The Labute approximate surface area is 144 Å². The maximum atomic E-state index is 12.6. The summed E-state index contributed by atoms with van der Waals surface area (Å²) in [5, 5.41) is 16.6. The molecule has 1 aromatic heterocycles. The second-order valence-corrected chi connectivity index (χ2v) is 5.67. The highest BCUT2D eigenvalue weighted by atomic mass is 35.5.